The van der Waals surface area contributed by atoms with Gasteiger partial charge in [0.2, 0.25) is 0 Å². The Kier molecular flexibility index (Phi) is 3.64. The van der Waals surface area contributed by atoms with Crippen molar-refractivity contribution in [3.8, 4) is 0 Å². The molecule has 0 radical (unpaired) electrons. The highest BCUT2D eigenvalue weighted by atomic mass is 19.1. The van der Waals surface area contributed by atoms with Gasteiger partial charge in [0.15, 0.2) is 0 Å². The molecule has 0 saturated heterocycles. The van der Waals surface area contributed by atoms with Crippen molar-refractivity contribution < 1.29 is 9.18 Å². The summed E-state index contributed by atoms with van der Waals surface area (Å²) in [6, 6.07) is 4.52. The molecule has 19 heavy (non-hydrogen) atoms. The van der Waals surface area contributed by atoms with E-state index in [1.165, 1.54) is 18.2 Å². The zero-order chi connectivity index (χ0) is 14.0. The molecule has 1 N–H and O–H groups in total. The summed E-state index contributed by atoms with van der Waals surface area (Å²) in [5.74, 6) is -0.587. The quantitative estimate of drug-likeness (QED) is 0.922. The highest BCUT2D eigenvalue weighted by Gasteiger charge is 2.10. The number of hydrogen-bond donors (Lipinski definition) is 1. The number of rotatable bonds is 3. The van der Waals surface area contributed by atoms with Gasteiger partial charge in [0.25, 0.3) is 5.91 Å². The Morgan fingerprint density at radius 3 is 2.74 bits per heavy atom. The average Bonchev–Trinajstić information content (AvgIpc) is 2.81. The molecule has 0 aliphatic carbocycles. The molecule has 1 aromatic heterocycles. The molecule has 4 nitrogen and oxygen atoms in total. The van der Waals surface area contributed by atoms with Crippen molar-refractivity contribution in [1.82, 2.24) is 9.78 Å². The van der Waals surface area contributed by atoms with Crippen LogP contribution in [0.15, 0.2) is 30.6 Å². The third-order valence-electron chi connectivity index (χ3n) is 2.81. The van der Waals surface area contributed by atoms with Gasteiger partial charge in [-0.3, -0.25) is 9.48 Å². The number of carbonyl (C=O) groups excluding carboxylic acids is 1. The van der Waals surface area contributed by atoms with E-state index in [0.29, 0.717) is 16.8 Å². The Balaban J connectivity index is 2.13. The van der Waals surface area contributed by atoms with Crippen LogP contribution in [0.5, 0.6) is 0 Å². The molecule has 0 aliphatic rings. The number of aryl methyl sites for hydroxylation is 1. The van der Waals surface area contributed by atoms with E-state index in [4.69, 9.17) is 0 Å². The molecule has 0 spiro atoms. The van der Waals surface area contributed by atoms with Crippen molar-refractivity contribution in [1.29, 1.82) is 0 Å². The molecule has 2 aromatic rings. The minimum Gasteiger partial charge on any atom is -0.319 e. The van der Waals surface area contributed by atoms with Gasteiger partial charge in [0, 0.05) is 17.8 Å². The number of anilines is 1. The van der Waals surface area contributed by atoms with Crippen LogP contribution in [0.4, 0.5) is 10.1 Å². The van der Waals surface area contributed by atoms with Gasteiger partial charge in [-0.1, -0.05) is 0 Å². The summed E-state index contributed by atoms with van der Waals surface area (Å²) in [5, 5.41) is 6.87. The summed E-state index contributed by atoms with van der Waals surface area (Å²) in [5.41, 5.74) is 1.50. The van der Waals surface area contributed by atoms with Gasteiger partial charge >= 0.3 is 0 Å². The standard InChI is InChI=1S/C14H16FN3O/c1-9(2)18-8-12(7-16-18)17-14(19)11-4-5-13(15)10(3)6-11/h4-9H,1-3H3,(H,17,19). The molecule has 0 atom stereocenters. The molecule has 0 bridgehead atoms. The van der Waals surface area contributed by atoms with Crippen LogP contribution in [0.2, 0.25) is 0 Å². The van der Waals surface area contributed by atoms with Crippen LogP contribution in [-0.2, 0) is 0 Å². The molecule has 0 aliphatic heterocycles. The summed E-state index contributed by atoms with van der Waals surface area (Å²) < 4.78 is 14.9. The van der Waals surface area contributed by atoms with Gasteiger partial charge in [0.05, 0.1) is 11.9 Å². The molecule has 0 unspecified atom stereocenters. The molecule has 100 valence electrons. The van der Waals surface area contributed by atoms with Crippen LogP contribution in [0.25, 0.3) is 0 Å². The van der Waals surface area contributed by atoms with Crippen molar-refractivity contribution >= 4 is 11.6 Å². The van der Waals surface area contributed by atoms with Gasteiger partial charge in [-0.15, -0.1) is 0 Å². The molecule has 2 rings (SSSR count). The maximum atomic E-state index is 13.1. The van der Waals surface area contributed by atoms with Crippen LogP contribution in [0.3, 0.4) is 0 Å². The first kappa shape index (κ1) is 13.3. The van der Waals surface area contributed by atoms with Gasteiger partial charge in [0.1, 0.15) is 5.82 Å². The van der Waals surface area contributed by atoms with Crippen molar-refractivity contribution in [3.63, 3.8) is 0 Å². The predicted octanol–water partition coefficient (Wildman–Crippen LogP) is 3.16. The second-order valence-corrected chi connectivity index (χ2v) is 4.72. The van der Waals surface area contributed by atoms with Gasteiger partial charge in [-0.25, -0.2) is 4.39 Å². The number of hydrogen-bond acceptors (Lipinski definition) is 2. The first-order chi connectivity index (χ1) is 8.97. The van der Waals surface area contributed by atoms with Gasteiger partial charge < -0.3 is 5.32 Å². The van der Waals surface area contributed by atoms with Gasteiger partial charge in [-0.05, 0) is 44.5 Å². The number of carbonyl (C=O) groups is 1. The van der Waals surface area contributed by atoms with Crippen LogP contribution >= 0.6 is 0 Å². The lowest BCUT2D eigenvalue weighted by molar-refractivity contribution is 0.102. The normalized spacial score (nSPS) is 10.8. The number of halogens is 1. The number of amides is 1. The highest BCUT2D eigenvalue weighted by molar-refractivity contribution is 6.04. The number of nitrogens with one attached hydrogen (secondary N) is 1. The molecule has 5 heteroatoms. The minimum atomic E-state index is -0.316. The van der Waals surface area contributed by atoms with E-state index < -0.39 is 0 Å². The lowest BCUT2D eigenvalue weighted by Crippen LogP contribution is -2.12. The Morgan fingerprint density at radius 2 is 2.16 bits per heavy atom. The van der Waals surface area contributed by atoms with E-state index in [-0.39, 0.29) is 17.8 Å². The molecule has 1 heterocycles. The smallest absolute Gasteiger partial charge is 0.255 e. The van der Waals surface area contributed by atoms with Crippen molar-refractivity contribution in [3.05, 3.63) is 47.5 Å². The Hall–Kier alpha value is -2.17. The van der Waals surface area contributed by atoms with Crippen LogP contribution < -0.4 is 5.32 Å². The van der Waals surface area contributed by atoms with Crippen LogP contribution in [0, 0.1) is 12.7 Å². The number of benzene rings is 1. The average molecular weight is 261 g/mol. The zero-order valence-corrected chi connectivity index (χ0v) is 11.1. The third kappa shape index (κ3) is 2.99. The first-order valence-electron chi connectivity index (χ1n) is 6.09. The summed E-state index contributed by atoms with van der Waals surface area (Å²) in [6.07, 6.45) is 3.35. The van der Waals surface area contributed by atoms with Crippen molar-refractivity contribution in [2.45, 2.75) is 26.8 Å². The predicted molar refractivity (Wildman–Crippen MR) is 71.7 cm³/mol. The maximum Gasteiger partial charge on any atom is 0.255 e. The highest BCUT2D eigenvalue weighted by Crippen LogP contribution is 2.13. The lowest BCUT2D eigenvalue weighted by Gasteiger charge is -2.05. The SMILES string of the molecule is Cc1cc(C(=O)Nc2cnn(C(C)C)c2)ccc1F. The lowest BCUT2D eigenvalue weighted by atomic mass is 10.1. The Bertz CT molecular complexity index is 604. The minimum absolute atomic E-state index is 0.235. The zero-order valence-electron chi connectivity index (χ0n) is 11.1. The third-order valence-corrected chi connectivity index (χ3v) is 2.81. The number of nitrogens with zero attached hydrogens (tertiary/aromatic N) is 2. The fraction of sp³-hybridized carbons (Fsp3) is 0.286. The fourth-order valence-corrected chi connectivity index (χ4v) is 1.67. The maximum absolute atomic E-state index is 13.1. The topological polar surface area (TPSA) is 46.9 Å². The second kappa shape index (κ2) is 5.22. The summed E-state index contributed by atoms with van der Waals surface area (Å²) in [7, 11) is 0. The Labute approximate surface area is 111 Å². The van der Waals surface area contributed by atoms with E-state index in [2.05, 4.69) is 10.4 Å². The fourth-order valence-electron chi connectivity index (χ4n) is 1.67. The Morgan fingerprint density at radius 1 is 1.42 bits per heavy atom. The summed E-state index contributed by atoms with van der Waals surface area (Å²) in [4.78, 5) is 12.0. The van der Waals surface area contributed by atoms with E-state index in [1.807, 2.05) is 13.8 Å². The molecule has 0 saturated carbocycles. The number of aromatic nitrogens is 2. The van der Waals surface area contributed by atoms with Crippen molar-refractivity contribution in [2.24, 2.45) is 0 Å². The van der Waals surface area contributed by atoms with E-state index in [9.17, 15) is 9.18 Å². The molecular weight excluding hydrogens is 245 g/mol. The summed E-state index contributed by atoms with van der Waals surface area (Å²) in [6.45, 7) is 5.63. The van der Waals surface area contributed by atoms with E-state index in [0.717, 1.165) is 0 Å². The molecule has 1 amide bonds. The van der Waals surface area contributed by atoms with E-state index in [1.54, 1.807) is 24.0 Å². The largest absolute Gasteiger partial charge is 0.319 e. The van der Waals surface area contributed by atoms with Gasteiger partial charge in [-0.2, -0.15) is 5.10 Å². The monoisotopic (exact) mass is 261 g/mol. The molecule has 1 aromatic carbocycles. The van der Waals surface area contributed by atoms with E-state index >= 15 is 0 Å². The molecule has 0 fully saturated rings. The second-order valence-electron chi connectivity index (χ2n) is 4.72. The first-order valence-corrected chi connectivity index (χ1v) is 6.09. The van der Waals surface area contributed by atoms with Crippen molar-refractivity contribution in [2.75, 3.05) is 5.32 Å². The van der Waals surface area contributed by atoms with Crippen LogP contribution in [-0.4, -0.2) is 15.7 Å². The summed E-state index contributed by atoms with van der Waals surface area (Å²) >= 11 is 0. The van der Waals surface area contributed by atoms with Crippen LogP contribution in [0.1, 0.15) is 35.8 Å². The molecular formula is C14H16FN3O.